The van der Waals surface area contributed by atoms with Gasteiger partial charge in [0.05, 0.1) is 0 Å². The number of imidazole rings is 2. The fourth-order valence-electron chi connectivity index (χ4n) is 3.77. The van der Waals surface area contributed by atoms with Crippen LogP contribution >= 0.6 is 0 Å². The Morgan fingerprint density at radius 3 is 2.59 bits per heavy atom. The van der Waals surface area contributed by atoms with Crippen molar-refractivity contribution in [3.05, 3.63) is 74.7 Å². The van der Waals surface area contributed by atoms with Crippen molar-refractivity contribution in [2.24, 2.45) is 7.05 Å². The average molecular weight is 391 g/mol. The Balaban J connectivity index is 1.89. The Kier molecular flexibility index (Phi) is 4.74. The molecule has 0 bridgehead atoms. The Morgan fingerprint density at radius 2 is 1.90 bits per heavy atom. The van der Waals surface area contributed by atoms with Gasteiger partial charge in [0.2, 0.25) is 5.78 Å². The van der Waals surface area contributed by atoms with Gasteiger partial charge in [0.25, 0.3) is 5.56 Å². The number of aromatic nitrogens is 5. The largest absolute Gasteiger partial charge is 0.332 e. The van der Waals surface area contributed by atoms with Gasteiger partial charge in [-0.3, -0.25) is 18.3 Å². The summed E-state index contributed by atoms with van der Waals surface area (Å²) in [5, 5.41) is 0. The molecule has 0 saturated heterocycles. The predicted octanol–water partition coefficient (Wildman–Crippen LogP) is 3.14. The van der Waals surface area contributed by atoms with Crippen LogP contribution in [0.25, 0.3) is 23.0 Å². The maximum atomic E-state index is 13.2. The van der Waals surface area contributed by atoms with E-state index < -0.39 is 0 Å². The quantitative estimate of drug-likeness (QED) is 0.525. The van der Waals surface area contributed by atoms with Crippen LogP contribution < -0.4 is 11.2 Å². The zero-order valence-electron chi connectivity index (χ0n) is 17.2. The van der Waals surface area contributed by atoms with Crippen molar-refractivity contribution < 1.29 is 0 Å². The summed E-state index contributed by atoms with van der Waals surface area (Å²) in [5.41, 5.74) is 2.21. The van der Waals surface area contributed by atoms with Crippen molar-refractivity contribution in [1.29, 1.82) is 0 Å². The normalized spacial score (nSPS) is 13.1. The second-order valence-corrected chi connectivity index (χ2v) is 7.42. The van der Waals surface area contributed by atoms with Crippen molar-refractivity contribution >= 4 is 23.0 Å². The number of hydrogen-bond acceptors (Lipinski definition) is 3. The van der Waals surface area contributed by atoms with Crippen molar-refractivity contribution in [1.82, 2.24) is 23.1 Å². The van der Waals surface area contributed by atoms with Gasteiger partial charge in [-0.2, -0.15) is 4.98 Å². The van der Waals surface area contributed by atoms with Crippen LogP contribution in [-0.2, 0) is 13.6 Å². The number of benzene rings is 1. The van der Waals surface area contributed by atoms with Crippen LogP contribution in [0.15, 0.2) is 52.2 Å². The van der Waals surface area contributed by atoms with Crippen molar-refractivity contribution in [3.63, 3.8) is 0 Å². The Morgan fingerprint density at radius 1 is 1.17 bits per heavy atom. The Hall–Kier alpha value is -3.35. The summed E-state index contributed by atoms with van der Waals surface area (Å²) in [7, 11) is 1.66. The van der Waals surface area contributed by atoms with Crippen LogP contribution in [0.1, 0.15) is 37.6 Å². The number of rotatable bonds is 5. The maximum Gasteiger partial charge on any atom is 0.332 e. The van der Waals surface area contributed by atoms with Crippen LogP contribution in [0.5, 0.6) is 0 Å². The highest BCUT2D eigenvalue weighted by Crippen LogP contribution is 2.22. The molecular formula is C22H25N5O2. The molecule has 1 aromatic carbocycles. The first-order valence-electron chi connectivity index (χ1n) is 9.85. The molecule has 29 heavy (non-hydrogen) atoms. The maximum absolute atomic E-state index is 13.2. The molecule has 4 rings (SSSR count). The lowest BCUT2D eigenvalue weighted by Gasteiger charge is -2.12. The topological polar surface area (TPSA) is 66.2 Å². The van der Waals surface area contributed by atoms with Crippen LogP contribution in [-0.4, -0.2) is 23.1 Å². The van der Waals surface area contributed by atoms with Crippen LogP contribution in [0.2, 0.25) is 0 Å². The lowest BCUT2D eigenvalue weighted by atomic mass is 10.2. The second kappa shape index (κ2) is 7.24. The molecule has 0 unspecified atom stereocenters. The molecule has 1 atom stereocenters. The molecule has 4 aromatic rings. The summed E-state index contributed by atoms with van der Waals surface area (Å²) in [6, 6.07) is 10.0. The van der Waals surface area contributed by atoms with Gasteiger partial charge in [0.15, 0.2) is 11.2 Å². The van der Waals surface area contributed by atoms with Crippen LogP contribution in [0.3, 0.4) is 0 Å². The van der Waals surface area contributed by atoms with Crippen LogP contribution in [0, 0.1) is 6.92 Å². The second-order valence-electron chi connectivity index (χ2n) is 7.42. The zero-order chi connectivity index (χ0) is 20.7. The summed E-state index contributed by atoms with van der Waals surface area (Å²) in [6.07, 6.45) is 6.61. The Labute approximate surface area is 168 Å². The summed E-state index contributed by atoms with van der Waals surface area (Å²) in [5.74, 6) is 0.691. The van der Waals surface area contributed by atoms with Gasteiger partial charge >= 0.3 is 5.69 Å². The zero-order valence-corrected chi connectivity index (χ0v) is 17.2. The van der Waals surface area contributed by atoms with Gasteiger partial charge in [-0.05, 0) is 25.8 Å². The van der Waals surface area contributed by atoms with Gasteiger partial charge in [0.1, 0.15) is 0 Å². The molecule has 150 valence electrons. The van der Waals surface area contributed by atoms with E-state index in [1.165, 1.54) is 9.13 Å². The highest BCUT2D eigenvalue weighted by Gasteiger charge is 2.21. The van der Waals surface area contributed by atoms with E-state index in [0.717, 1.165) is 17.7 Å². The summed E-state index contributed by atoms with van der Waals surface area (Å²) >= 11 is 0. The summed E-state index contributed by atoms with van der Waals surface area (Å²) in [4.78, 5) is 30.7. The third kappa shape index (κ3) is 3.03. The first-order chi connectivity index (χ1) is 13.9. The molecule has 0 aliphatic heterocycles. The van der Waals surface area contributed by atoms with E-state index >= 15 is 0 Å². The van der Waals surface area contributed by atoms with Crippen molar-refractivity contribution in [3.8, 4) is 0 Å². The van der Waals surface area contributed by atoms with E-state index in [1.807, 2.05) is 60.0 Å². The minimum Gasteiger partial charge on any atom is -0.311 e. The molecular weight excluding hydrogens is 366 g/mol. The first kappa shape index (κ1) is 19.0. The number of fused-ring (bicyclic) bond motifs is 3. The molecule has 0 aliphatic rings. The number of hydrogen-bond donors (Lipinski definition) is 0. The number of aryl methyl sites for hydroxylation is 2. The monoisotopic (exact) mass is 391 g/mol. The van der Waals surface area contributed by atoms with Crippen LogP contribution in [0.4, 0.5) is 0 Å². The minimum atomic E-state index is -0.368. The molecule has 0 N–H and O–H groups in total. The smallest absolute Gasteiger partial charge is 0.311 e. The lowest BCUT2D eigenvalue weighted by Crippen LogP contribution is -2.39. The van der Waals surface area contributed by atoms with E-state index in [9.17, 15) is 9.59 Å². The van der Waals surface area contributed by atoms with E-state index in [-0.39, 0.29) is 23.8 Å². The molecule has 0 radical (unpaired) electrons. The molecule has 0 fully saturated rings. The summed E-state index contributed by atoms with van der Waals surface area (Å²) < 4.78 is 6.64. The highest BCUT2D eigenvalue weighted by molar-refractivity contribution is 5.75. The van der Waals surface area contributed by atoms with Gasteiger partial charge < -0.3 is 4.57 Å². The van der Waals surface area contributed by atoms with Crippen molar-refractivity contribution in [2.75, 3.05) is 0 Å². The standard InChI is InChI=1S/C22H25N5O2/c1-5-15(2)27-16(3)14-26-18-19(23-21(26)27)24(4)22(29)25(20(18)28)13-9-12-17-10-7-6-8-11-17/h6-12,14-15H,5,13H2,1-4H3/b12-9+/t15-/m0/s1. The minimum absolute atomic E-state index is 0.203. The molecule has 0 saturated carbocycles. The molecule has 7 heteroatoms. The molecule has 0 amide bonds. The lowest BCUT2D eigenvalue weighted by molar-refractivity contribution is 0.532. The fourth-order valence-corrected chi connectivity index (χ4v) is 3.77. The SMILES string of the molecule is CC[C@H](C)n1c(C)cn2c3c(=O)n(C/C=C/c4ccccc4)c(=O)n(C)c3nc12. The average Bonchev–Trinajstić information content (AvgIpc) is 3.23. The van der Waals surface area contributed by atoms with E-state index in [1.54, 1.807) is 7.05 Å². The van der Waals surface area contributed by atoms with E-state index in [4.69, 9.17) is 0 Å². The fraction of sp³-hybridized carbons (Fsp3) is 0.318. The van der Waals surface area contributed by atoms with Gasteiger partial charge in [-0.1, -0.05) is 49.4 Å². The number of nitrogens with zero attached hydrogens (tertiary/aromatic N) is 5. The molecule has 0 aliphatic carbocycles. The van der Waals surface area contributed by atoms with Gasteiger partial charge in [-0.25, -0.2) is 4.79 Å². The summed E-state index contributed by atoms with van der Waals surface area (Å²) in [6.45, 7) is 6.45. The highest BCUT2D eigenvalue weighted by atomic mass is 16.2. The first-order valence-corrected chi connectivity index (χ1v) is 9.85. The van der Waals surface area contributed by atoms with E-state index in [2.05, 4.69) is 23.4 Å². The third-order valence-electron chi connectivity index (χ3n) is 5.50. The van der Waals surface area contributed by atoms with Gasteiger partial charge in [-0.15, -0.1) is 0 Å². The third-order valence-corrected chi connectivity index (χ3v) is 5.50. The molecule has 7 nitrogen and oxygen atoms in total. The molecule has 3 aromatic heterocycles. The Bertz CT molecular complexity index is 1340. The predicted molar refractivity (Wildman–Crippen MR) is 115 cm³/mol. The van der Waals surface area contributed by atoms with Crippen molar-refractivity contribution in [2.45, 2.75) is 39.8 Å². The molecule has 0 spiro atoms. The number of allylic oxidation sites excluding steroid dienone is 1. The molecule has 3 heterocycles. The van der Waals surface area contributed by atoms with E-state index in [0.29, 0.717) is 16.9 Å². The van der Waals surface area contributed by atoms with Gasteiger partial charge in [0, 0.05) is 31.5 Å².